The van der Waals surface area contributed by atoms with Gasteiger partial charge in [0.1, 0.15) is 0 Å². The van der Waals surface area contributed by atoms with Crippen LogP contribution >= 0.6 is 35.7 Å². The second-order valence-corrected chi connectivity index (χ2v) is 6.54. The van der Waals surface area contributed by atoms with E-state index in [1.165, 1.54) is 16.0 Å². The van der Waals surface area contributed by atoms with E-state index in [1.807, 2.05) is 19.1 Å². The molecule has 0 amide bonds. The quantitative estimate of drug-likeness (QED) is 0.242. The Morgan fingerprint density at radius 1 is 1.23 bits per heavy atom. The maximum Gasteiger partial charge on any atom is 0.191 e. The summed E-state index contributed by atoms with van der Waals surface area (Å²) >= 11 is 1.73. The summed E-state index contributed by atoms with van der Waals surface area (Å²) in [6.07, 6.45) is 4.84. The number of guanidine groups is 1. The van der Waals surface area contributed by atoms with Crippen LogP contribution in [0.4, 0.5) is 0 Å². The highest BCUT2D eigenvalue weighted by molar-refractivity contribution is 14.0. The lowest BCUT2D eigenvalue weighted by atomic mass is 10.1. The number of nitrogens with zero attached hydrogens (tertiary/aromatic N) is 2. The second kappa shape index (κ2) is 12.1. The molecule has 0 aliphatic rings. The number of hydrogen-bond donors (Lipinski definition) is 3. The summed E-state index contributed by atoms with van der Waals surface area (Å²) in [5.41, 5.74) is 3.29. The molecule has 0 saturated heterocycles. The van der Waals surface area contributed by atoms with Crippen molar-refractivity contribution in [1.82, 2.24) is 15.6 Å². The van der Waals surface area contributed by atoms with Gasteiger partial charge in [-0.1, -0.05) is 12.1 Å². The molecular weight excluding hydrogens is 459 g/mol. The molecule has 142 valence electrons. The number of pyridine rings is 1. The number of aliphatic hydroxyl groups excluding tert-OH is 1. The van der Waals surface area contributed by atoms with Crippen LogP contribution < -0.4 is 10.6 Å². The SMILES string of the molecule is CCNC(=NCc1ccc(C)cc1SC)NCC(O)c1ccncc1.I. The minimum atomic E-state index is -0.604. The molecule has 2 rings (SSSR count). The van der Waals surface area contributed by atoms with Crippen molar-refractivity contribution in [3.63, 3.8) is 0 Å². The predicted octanol–water partition coefficient (Wildman–Crippen LogP) is 3.52. The first kappa shape index (κ1) is 22.7. The maximum absolute atomic E-state index is 10.3. The van der Waals surface area contributed by atoms with Crippen molar-refractivity contribution in [2.45, 2.75) is 31.4 Å². The second-order valence-electron chi connectivity index (χ2n) is 5.69. The molecule has 7 heteroatoms. The molecule has 1 aromatic heterocycles. The number of rotatable bonds is 7. The zero-order valence-corrected chi connectivity index (χ0v) is 18.5. The van der Waals surface area contributed by atoms with E-state index < -0.39 is 6.10 Å². The van der Waals surface area contributed by atoms with Gasteiger partial charge >= 0.3 is 0 Å². The number of benzene rings is 1. The Kier molecular flexibility index (Phi) is 10.6. The molecule has 3 N–H and O–H groups in total. The van der Waals surface area contributed by atoms with Crippen LogP contribution in [-0.4, -0.2) is 35.4 Å². The van der Waals surface area contributed by atoms with Crippen LogP contribution in [0.15, 0.2) is 52.6 Å². The first-order valence-electron chi connectivity index (χ1n) is 8.37. The highest BCUT2D eigenvalue weighted by Crippen LogP contribution is 2.22. The summed E-state index contributed by atoms with van der Waals surface area (Å²) in [5.74, 6) is 0.697. The molecule has 0 aliphatic carbocycles. The molecule has 0 bridgehead atoms. The number of aliphatic imine (C=N–C) groups is 1. The summed E-state index contributed by atoms with van der Waals surface area (Å²) in [6, 6.07) is 10.0. The molecule has 26 heavy (non-hydrogen) atoms. The highest BCUT2D eigenvalue weighted by atomic mass is 127. The van der Waals surface area contributed by atoms with E-state index in [2.05, 4.69) is 52.0 Å². The fourth-order valence-electron chi connectivity index (χ4n) is 2.39. The number of thioether (sulfide) groups is 1. The molecule has 1 aromatic carbocycles. The van der Waals surface area contributed by atoms with Gasteiger partial charge in [0.15, 0.2) is 5.96 Å². The fraction of sp³-hybridized carbons (Fsp3) is 0.368. The van der Waals surface area contributed by atoms with Gasteiger partial charge in [0.05, 0.1) is 12.6 Å². The van der Waals surface area contributed by atoms with Gasteiger partial charge in [-0.2, -0.15) is 0 Å². The number of aromatic nitrogens is 1. The molecule has 0 saturated carbocycles. The maximum atomic E-state index is 10.3. The third kappa shape index (κ3) is 7.13. The zero-order chi connectivity index (χ0) is 18.1. The lowest BCUT2D eigenvalue weighted by Crippen LogP contribution is -2.39. The minimum Gasteiger partial charge on any atom is -0.387 e. The Morgan fingerprint density at radius 2 is 1.96 bits per heavy atom. The Morgan fingerprint density at radius 3 is 2.62 bits per heavy atom. The van der Waals surface area contributed by atoms with E-state index in [0.717, 1.165) is 12.1 Å². The van der Waals surface area contributed by atoms with Crippen LogP contribution in [0, 0.1) is 6.92 Å². The topological polar surface area (TPSA) is 69.5 Å². The Hall–Kier alpha value is -1.32. The monoisotopic (exact) mass is 486 g/mol. The lowest BCUT2D eigenvalue weighted by molar-refractivity contribution is 0.180. The van der Waals surface area contributed by atoms with E-state index in [-0.39, 0.29) is 24.0 Å². The smallest absolute Gasteiger partial charge is 0.191 e. The highest BCUT2D eigenvalue weighted by Gasteiger charge is 2.08. The van der Waals surface area contributed by atoms with Crippen molar-refractivity contribution >= 4 is 41.7 Å². The number of nitrogens with one attached hydrogen (secondary N) is 2. The zero-order valence-electron chi connectivity index (χ0n) is 15.4. The van der Waals surface area contributed by atoms with E-state index in [1.54, 1.807) is 24.2 Å². The normalized spacial score (nSPS) is 12.2. The van der Waals surface area contributed by atoms with Gasteiger partial charge in [-0.15, -0.1) is 35.7 Å². The van der Waals surface area contributed by atoms with E-state index in [9.17, 15) is 5.11 Å². The largest absolute Gasteiger partial charge is 0.387 e. The molecule has 0 spiro atoms. The van der Waals surface area contributed by atoms with Crippen molar-refractivity contribution in [1.29, 1.82) is 0 Å². The molecule has 2 aromatic rings. The number of hydrogen-bond acceptors (Lipinski definition) is 4. The van der Waals surface area contributed by atoms with Crippen molar-refractivity contribution in [3.05, 3.63) is 59.4 Å². The average Bonchev–Trinajstić information content (AvgIpc) is 2.65. The molecule has 0 fully saturated rings. The van der Waals surface area contributed by atoms with Gasteiger partial charge < -0.3 is 15.7 Å². The number of aliphatic hydroxyl groups is 1. The van der Waals surface area contributed by atoms with Gasteiger partial charge in [0.2, 0.25) is 0 Å². The summed E-state index contributed by atoms with van der Waals surface area (Å²) in [5, 5.41) is 16.7. The molecule has 1 heterocycles. The van der Waals surface area contributed by atoms with Gasteiger partial charge in [-0.05, 0) is 55.0 Å². The molecular formula is C19H27IN4OS. The Balaban J connectivity index is 0.00000338. The molecule has 1 atom stereocenters. The van der Waals surface area contributed by atoms with Gasteiger partial charge in [0, 0.05) is 30.4 Å². The van der Waals surface area contributed by atoms with Crippen molar-refractivity contribution < 1.29 is 5.11 Å². The van der Waals surface area contributed by atoms with Crippen LogP contribution in [-0.2, 0) is 6.54 Å². The molecule has 1 unspecified atom stereocenters. The summed E-state index contributed by atoms with van der Waals surface area (Å²) in [7, 11) is 0. The van der Waals surface area contributed by atoms with E-state index in [0.29, 0.717) is 19.0 Å². The van der Waals surface area contributed by atoms with Crippen LogP contribution in [0.2, 0.25) is 0 Å². The Labute approximate surface area is 177 Å². The Bertz CT molecular complexity index is 697. The van der Waals surface area contributed by atoms with E-state index in [4.69, 9.17) is 0 Å². The van der Waals surface area contributed by atoms with Crippen LogP contribution in [0.1, 0.15) is 29.7 Å². The first-order chi connectivity index (χ1) is 12.1. The van der Waals surface area contributed by atoms with Gasteiger partial charge in [0.25, 0.3) is 0 Å². The van der Waals surface area contributed by atoms with Crippen LogP contribution in [0.25, 0.3) is 0 Å². The predicted molar refractivity (Wildman–Crippen MR) is 120 cm³/mol. The third-order valence-electron chi connectivity index (χ3n) is 3.75. The summed E-state index contributed by atoms with van der Waals surface area (Å²) in [4.78, 5) is 9.86. The van der Waals surface area contributed by atoms with Crippen molar-refractivity contribution in [2.24, 2.45) is 4.99 Å². The fourth-order valence-corrected chi connectivity index (χ4v) is 3.08. The third-order valence-corrected chi connectivity index (χ3v) is 4.57. The van der Waals surface area contributed by atoms with Crippen LogP contribution in [0.3, 0.4) is 0 Å². The number of halogens is 1. The van der Waals surface area contributed by atoms with Gasteiger partial charge in [-0.3, -0.25) is 4.98 Å². The summed E-state index contributed by atoms with van der Waals surface area (Å²) < 4.78 is 0. The minimum absolute atomic E-state index is 0. The van der Waals surface area contributed by atoms with Crippen LogP contribution in [0.5, 0.6) is 0 Å². The average molecular weight is 486 g/mol. The molecule has 5 nitrogen and oxygen atoms in total. The number of aryl methyl sites for hydroxylation is 1. The standard InChI is InChI=1S/C19H26N4OS.HI/c1-4-21-19(23-13-17(24)15-7-9-20-10-8-15)22-12-16-6-5-14(2)11-18(16)25-3;/h5-11,17,24H,4,12-13H2,1-3H3,(H2,21,22,23);1H. The first-order valence-corrected chi connectivity index (χ1v) is 9.60. The summed E-state index contributed by atoms with van der Waals surface area (Å²) in [6.45, 7) is 5.87. The van der Waals surface area contributed by atoms with Crippen molar-refractivity contribution in [2.75, 3.05) is 19.3 Å². The lowest BCUT2D eigenvalue weighted by Gasteiger charge is -2.15. The van der Waals surface area contributed by atoms with Crippen molar-refractivity contribution in [3.8, 4) is 0 Å². The molecule has 0 aliphatic heterocycles. The van der Waals surface area contributed by atoms with E-state index >= 15 is 0 Å². The van der Waals surface area contributed by atoms with Gasteiger partial charge in [-0.25, -0.2) is 4.99 Å². The molecule has 0 radical (unpaired) electrons.